The molecule has 1 aromatic carbocycles. The van der Waals surface area contributed by atoms with E-state index in [1.807, 2.05) is 20.8 Å². The molecule has 0 amide bonds. The van der Waals surface area contributed by atoms with Gasteiger partial charge in [-0.05, 0) is 38.0 Å². The van der Waals surface area contributed by atoms with Gasteiger partial charge < -0.3 is 10.5 Å². The Hall–Kier alpha value is -1.27. The summed E-state index contributed by atoms with van der Waals surface area (Å²) < 4.78 is 32.4. The van der Waals surface area contributed by atoms with Crippen LogP contribution in [0.5, 0.6) is 5.75 Å². The first-order valence-electron chi connectivity index (χ1n) is 6.99. The SMILES string of the molecule is CCCN(CCC)S(=O)(=O)c1cc(N)ccc1OCC. The van der Waals surface area contributed by atoms with E-state index in [4.69, 9.17) is 10.5 Å². The molecule has 0 spiro atoms. The molecule has 0 aliphatic heterocycles. The fourth-order valence-corrected chi connectivity index (χ4v) is 3.78. The molecule has 0 atom stereocenters. The summed E-state index contributed by atoms with van der Waals surface area (Å²) >= 11 is 0. The van der Waals surface area contributed by atoms with E-state index in [9.17, 15) is 8.42 Å². The highest BCUT2D eigenvalue weighted by Gasteiger charge is 2.26. The Morgan fingerprint density at radius 1 is 1.15 bits per heavy atom. The van der Waals surface area contributed by atoms with Crippen LogP contribution in [0, 0.1) is 0 Å². The van der Waals surface area contributed by atoms with E-state index < -0.39 is 10.0 Å². The molecule has 0 heterocycles. The van der Waals surface area contributed by atoms with Crippen LogP contribution in [0.2, 0.25) is 0 Å². The molecule has 0 radical (unpaired) electrons. The minimum absolute atomic E-state index is 0.154. The average molecular weight is 300 g/mol. The molecule has 1 rings (SSSR count). The summed E-state index contributed by atoms with van der Waals surface area (Å²) in [7, 11) is -3.57. The summed E-state index contributed by atoms with van der Waals surface area (Å²) in [5.41, 5.74) is 6.15. The quantitative estimate of drug-likeness (QED) is 0.749. The number of benzene rings is 1. The number of hydrogen-bond donors (Lipinski definition) is 1. The number of nitrogen functional groups attached to an aromatic ring is 1. The topological polar surface area (TPSA) is 72.6 Å². The van der Waals surface area contributed by atoms with Crippen molar-refractivity contribution in [3.05, 3.63) is 18.2 Å². The largest absolute Gasteiger partial charge is 0.492 e. The summed E-state index contributed by atoms with van der Waals surface area (Å²) in [6.07, 6.45) is 1.54. The van der Waals surface area contributed by atoms with Gasteiger partial charge >= 0.3 is 0 Å². The molecule has 0 fully saturated rings. The zero-order valence-electron chi connectivity index (χ0n) is 12.4. The number of nitrogens with two attached hydrogens (primary N) is 1. The van der Waals surface area contributed by atoms with Gasteiger partial charge in [0.2, 0.25) is 10.0 Å². The molecule has 0 aromatic heterocycles. The minimum atomic E-state index is -3.57. The van der Waals surface area contributed by atoms with Crippen molar-refractivity contribution in [2.45, 2.75) is 38.5 Å². The summed E-state index contributed by atoms with van der Waals surface area (Å²) in [6, 6.07) is 4.73. The molecular weight excluding hydrogens is 276 g/mol. The lowest BCUT2D eigenvalue weighted by Crippen LogP contribution is -2.33. The van der Waals surface area contributed by atoms with Crippen LogP contribution < -0.4 is 10.5 Å². The third kappa shape index (κ3) is 3.86. The molecule has 2 N–H and O–H groups in total. The van der Waals surface area contributed by atoms with Crippen LogP contribution in [-0.4, -0.2) is 32.4 Å². The molecule has 0 bridgehead atoms. The van der Waals surface area contributed by atoms with E-state index >= 15 is 0 Å². The molecule has 0 aliphatic carbocycles. The maximum atomic E-state index is 12.8. The lowest BCUT2D eigenvalue weighted by atomic mass is 10.3. The zero-order chi connectivity index (χ0) is 15.2. The van der Waals surface area contributed by atoms with Crippen molar-refractivity contribution in [2.24, 2.45) is 0 Å². The number of hydrogen-bond acceptors (Lipinski definition) is 4. The van der Waals surface area contributed by atoms with Crippen molar-refractivity contribution < 1.29 is 13.2 Å². The second-order valence-corrected chi connectivity index (χ2v) is 6.45. The summed E-state index contributed by atoms with van der Waals surface area (Å²) in [5.74, 6) is 0.360. The van der Waals surface area contributed by atoms with Crippen molar-refractivity contribution in [1.29, 1.82) is 0 Å². The Morgan fingerprint density at radius 2 is 1.75 bits per heavy atom. The molecule has 0 aliphatic rings. The first kappa shape index (κ1) is 16.8. The number of nitrogens with zero attached hydrogens (tertiary/aromatic N) is 1. The van der Waals surface area contributed by atoms with Crippen LogP contribution in [0.3, 0.4) is 0 Å². The number of anilines is 1. The van der Waals surface area contributed by atoms with Gasteiger partial charge in [0.25, 0.3) is 0 Å². The Bertz CT molecular complexity index is 523. The third-order valence-corrected chi connectivity index (χ3v) is 4.75. The highest BCUT2D eigenvalue weighted by Crippen LogP contribution is 2.29. The highest BCUT2D eigenvalue weighted by atomic mass is 32.2. The first-order chi connectivity index (χ1) is 9.47. The molecule has 20 heavy (non-hydrogen) atoms. The van der Waals surface area contributed by atoms with Crippen molar-refractivity contribution in [1.82, 2.24) is 4.31 Å². The lowest BCUT2D eigenvalue weighted by Gasteiger charge is -2.22. The van der Waals surface area contributed by atoms with E-state index in [1.165, 1.54) is 10.4 Å². The lowest BCUT2D eigenvalue weighted by molar-refractivity contribution is 0.328. The molecule has 0 unspecified atom stereocenters. The summed E-state index contributed by atoms with van der Waals surface area (Å²) in [4.78, 5) is 0.154. The van der Waals surface area contributed by atoms with Crippen LogP contribution in [0.4, 0.5) is 5.69 Å². The van der Waals surface area contributed by atoms with E-state index in [0.717, 1.165) is 12.8 Å². The van der Waals surface area contributed by atoms with Gasteiger partial charge in [-0.2, -0.15) is 4.31 Å². The predicted octanol–water partition coefficient (Wildman–Crippen LogP) is 2.48. The summed E-state index contributed by atoms with van der Waals surface area (Å²) in [5, 5.41) is 0. The van der Waals surface area contributed by atoms with E-state index in [2.05, 4.69) is 0 Å². The second-order valence-electron chi connectivity index (χ2n) is 4.54. The van der Waals surface area contributed by atoms with Gasteiger partial charge in [-0.1, -0.05) is 13.8 Å². The fraction of sp³-hybridized carbons (Fsp3) is 0.571. The molecule has 114 valence electrons. The van der Waals surface area contributed by atoms with Gasteiger partial charge in [0.1, 0.15) is 10.6 Å². The van der Waals surface area contributed by atoms with E-state index in [-0.39, 0.29) is 4.90 Å². The molecule has 1 aromatic rings. The van der Waals surface area contributed by atoms with Crippen molar-refractivity contribution in [3.8, 4) is 5.75 Å². The van der Waals surface area contributed by atoms with Crippen LogP contribution in [0.15, 0.2) is 23.1 Å². The Kier molecular flexibility index (Phi) is 6.29. The van der Waals surface area contributed by atoms with Gasteiger partial charge in [-0.25, -0.2) is 8.42 Å². The number of sulfonamides is 1. The summed E-state index contributed by atoms with van der Waals surface area (Å²) in [6.45, 7) is 7.14. The van der Waals surface area contributed by atoms with Crippen LogP contribution >= 0.6 is 0 Å². The third-order valence-electron chi connectivity index (χ3n) is 2.83. The van der Waals surface area contributed by atoms with Crippen molar-refractivity contribution in [3.63, 3.8) is 0 Å². The number of rotatable bonds is 8. The molecule has 0 saturated carbocycles. The van der Waals surface area contributed by atoms with Gasteiger partial charge in [0.05, 0.1) is 6.61 Å². The van der Waals surface area contributed by atoms with Crippen LogP contribution in [0.25, 0.3) is 0 Å². The molecule has 5 nitrogen and oxygen atoms in total. The fourth-order valence-electron chi connectivity index (χ4n) is 1.99. The molecular formula is C14H24N2O3S. The number of ether oxygens (including phenoxy) is 1. The van der Waals surface area contributed by atoms with E-state index in [0.29, 0.717) is 31.1 Å². The maximum Gasteiger partial charge on any atom is 0.246 e. The average Bonchev–Trinajstić information content (AvgIpc) is 2.40. The second kappa shape index (κ2) is 7.50. The van der Waals surface area contributed by atoms with Crippen LogP contribution in [-0.2, 0) is 10.0 Å². The Balaban J connectivity index is 3.27. The standard InChI is InChI=1S/C14H24N2O3S/c1-4-9-16(10-5-2)20(17,18)14-11-12(15)7-8-13(14)19-6-3/h7-8,11H,4-6,9-10,15H2,1-3H3. The van der Waals surface area contributed by atoms with Gasteiger partial charge in [-0.15, -0.1) is 0 Å². The minimum Gasteiger partial charge on any atom is -0.492 e. The highest BCUT2D eigenvalue weighted by molar-refractivity contribution is 7.89. The van der Waals surface area contributed by atoms with Gasteiger partial charge in [0.15, 0.2) is 0 Å². The van der Waals surface area contributed by atoms with E-state index in [1.54, 1.807) is 12.1 Å². The zero-order valence-corrected chi connectivity index (χ0v) is 13.2. The van der Waals surface area contributed by atoms with Crippen LogP contribution in [0.1, 0.15) is 33.6 Å². The smallest absolute Gasteiger partial charge is 0.246 e. The Labute approximate surface area is 121 Å². The molecule has 0 saturated heterocycles. The predicted molar refractivity (Wildman–Crippen MR) is 81.4 cm³/mol. The monoisotopic (exact) mass is 300 g/mol. The Morgan fingerprint density at radius 3 is 2.25 bits per heavy atom. The van der Waals surface area contributed by atoms with Crippen molar-refractivity contribution in [2.75, 3.05) is 25.4 Å². The maximum absolute atomic E-state index is 12.8. The van der Waals surface area contributed by atoms with Gasteiger partial charge in [0, 0.05) is 18.8 Å². The molecule has 6 heteroatoms. The van der Waals surface area contributed by atoms with Gasteiger partial charge in [-0.3, -0.25) is 0 Å². The first-order valence-corrected chi connectivity index (χ1v) is 8.43. The normalized spacial score (nSPS) is 11.8. The van der Waals surface area contributed by atoms with Crippen molar-refractivity contribution >= 4 is 15.7 Å².